The number of aromatic nitrogens is 2. The first-order valence-electron chi connectivity index (χ1n) is 11.1. The van der Waals surface area contributed by atoms with Gasteiger partial charge < -0.3 is 5.32 Å². The van der Waals surface area contributed by atoms with Crippen molar-refractivity contribution >= 4 is 34.3 Å². The number of anilines is 1. The molecule has 1 amide bonds. The van der Waals surface area contributed by atoms with Gasteiger partial charge in [0, 0.05) is 17.8 Å². The van der Waals surface area contributed by atoms with Crippen molar-refractivity contribution in [2.45, 2.75) is 37.7 Å². The predicted octanol–water partition coefficient (Wildman–Crippen LogP) is 5.84. The summed E-state index contributed by atoms with van der Waals surface area (Å²) < 4.78 is 1.69. The Hall–Kier alpha value is -3.38. The Morgan fingerprint density at radius 3 is 2.36 bits per heavy atom. The third kappa shape index (κ3) is 5.17. The van der Waals surface area contributed by atoms with Crippen LogP contribution in [0.1, 0.15) is 20.8 Å². The molecular weight excluding hydrogens is 430 g/mol. The summed E-state index contributed by atoms with van der Waals surface area (Å²) >= 11 is 1.31. The molecule has 0 unspecified atom stereocenters. The van der Waals surface area contributed by atoms with Crippen LogP contribution in [0.25, 0.3) is 22.0 Å². The second-order valence-corrected chi connectivity index (χ2v) is 9.69. The maximum absolute atomic E-state index is 13.1. The van der Waals surface area contributed by atoms with Crippen LogP contribution in [0, 0.1) is 5.92 Å². The number of hydrogen-bond donors (Lipinski definition) is 1. The molecular formula is C27H27N3O2S. The first-order chi connectivity index (χ1) is 15.9. The standard InChI is InChI=1S/C27H27N3O2S/c1-18(2)17-30-26(32)22-14-8-10-16-24(22)29-27(30)33-19(3)25(31)28-23-15-9-7-13-21(23)20-11-5-4-6-12-20/h4-16,18-19H,17H2,1-3H3,(H,28,31)/t19-/m0/s1. The highest BCUT2D eigenvalue weighted by atomic mass is 32.2. The van der Waals surface area contributed by atoms with E-state index in [1.807, 2.05) is 79.7 Å². The summed E-state index contributed by atoms with van der Waals surface area (Å²) in [5.74, 6) is 0.133. The minimum absolute atomic E-state index is 0.0705. The molecule has 0 aliphatic rings. The highest BCUT2D eigenvalue weighted by Crippen LogP contribution is 2.29. The molecule has 3 aromatic carbocycles. The third-order valence-electron chi connectivity index (χ3n) is 5.30. The van der Waals surface area contributed by atoms with Crippen molar-refractivity contribution in [3.8, 4) is 11.1 Å². The van der Waals surface area contributed by atoms with E-state index >= 15 is 0 Å². The van der Waals surface area contributed by atoms with E-state index in [9.17, 15) is 9.59 Å². The fourth-order valence-electron chi connectivity index (χ4n) is 3.67. The molecule has 1 atom stereocenters. The first kappa shape index (κ1) is 22.8. The molecule has 0 fully saturated rings. The van der Waals surface area contributed by atoms with Crippen LogP contribution in [0.15, 0.2) is 88.8 Å². The molecule has 0 spiro atoms. The van der Waals surface area contributed by atoms with Gasteiger partial charge in [0.2, 0.25) is 5.91 Å². The topological polar surface area (TPSA) is 64.0 Å². The number of para-hydroxylation sites is 2. The van der Waals surface area contributed by atoms with Gasteiger partial charge >= 0.3 is 0 Å². The molecule has 0 bridgehead atoms. The highest BCUT2D eigenvalue weighted by Gasteiger charge is 2.21. The minimum atomic E-state index is -0.444. The molecule has 168 valence electrons. The number of carbonyl (C=O) groups is 1. The number of hydrogen-bond acceptors (Lipinski definition) is 4. The van der Waals surface area contributed by atoms with Gasteiger partial charge in [-0.3, -0.25) is 14.2 Å². The number of benzene rings is 3. The van der Waals surface area contributed by atoms with Crippen LogP contribution in [0.5, 0.6) is 0 Å². The number of thioether (sulfide) groups is 1. The van der Waals surface area contributed by atoms with Gasteiger partial charge in [0.1, 0.15) is 0 Å². The SMILES string of the molecule is CC(C)Cn1c(S[C@@H](C)C(=O)Nc2ccccc2-c2ccccc2)nc2ccccc2c1=O. The second kappa shape index (κ2) is 10.0. The van der Waals surface area contributed by atoms with E-state index in [0.717, 1.165) is 16.8 Å². The molecule has 0 saturated carbocycles. The molecule has 0 aliphatic carbocycles. The molecule has 4 rings (SSSR count). The summed E-state index contributed by atoms with van der Waals surface area (Å²) in [6.07, 6.45) is 0. The van der Waals surface area contributed by atoms with Crippen LogP contribution in [-0.4, -0.2) is 20.7 Å². The fraction of sp³-hybridized carbons (Fsp3) is 0.222. The van der Waals surface area contributed by atoms with Crippen LogP contribution in [-0.2, 0) is 11.3 Å². The van der Waals surface area contributed by atoms with Crippen molar-refractivity contribution in [1.29, 1.82) is 0 Å². The van der Waals surface area contributed by atoms with Crippen molar-refractivity contribution in [2.24, 2.45) is 5.92 Å². The van der Waals surface area contributed by atoms with Crippen molar-refractivity contribution < 1.29 is 4.79 Å². The highest BCUT2D eigenvalue weighted by molar-refractivity contribution is 8.00. The largest absolute Gasteiger partial charge is 0.325 e. The van der Waals surface area contributed by atoms with E-state index < -0.39 is 5.25 Å². The molecule has 1 aromatic heterocycles. The monoisotopic (exact) mass is 457 g/mol. The third-order valence-corrected chi connectivity index (χ3v) is 6.39. The average molecular weight is 458 g/mol. The Balaban J connectivity index is 1.61. The molecule has 0 saturated heterocycles. The fourth-order valence-corrected chi connectivity index (χ4v) is 4.59. The van der Waals surface area contributed by atoms with Gasteiger partial charge in [-0.15, -0.1) is 0 Å². The summed E-state index contributed by atoms with van der Waals surface area (Å²) in [6.45, 7) is 6.51. The van der Waals surface area contributed by atoms with Crippen molar-refractivity contribution in [3.63, 3.8) is 0 Å². The van der Waals surface area contributed by atoms with Crippen molar-refractivity contribution in [2.75, 3.05) is 5.32 Å². The number of fused-ring (bicyclic) bond motifs is 1. The van der Waals surface area contributed by atoms with Gasteiger partial charge in [-0.2, -0.15) is 0 Å². The maximum atomic E-state index is 13.1. The van der Waals surface area contributed by atoms with Gasteiger partial charge in [-0.05, 0) is 36.6 Å². The molecule has 1 N–H and O–H groups in total. The zero-order valence-electron chi connectivity index (χ0n) is 19.0. The Morgan fingerprint density at radius 2 is 1.61 bits per heavy atom. The zero-order valence-corrected chi connectivity index (χ0v) is 19.8. The van der Waals surface area contributed by atoms with Crippen molar-refractivity contribution in [3.05, 3.63) is 89.2 Å². The van der Waals surface area contributed by atoms with Crippen LogP contribution in [0.3, 0.4) is 0 Å². The summed E-state index contributed by atoms with van der Waals surface area (Å²) in [5, 5.41) is 3.78. The van der Waals surface area contributed by atoms with Gasteiger partial charge in [-0.25, -0.2) is 4.98 Å². The van der Waals surface area contributed by atoms with Gasteiger partial charge in [0.05, 0.1) is 16.2 Å². The van der Waals surface area contributed by atoms with Gasteiger partial charge in [0.15, 0.2) is 5.16 Å². The molecule has 5 nitrogen and oxygen atoms in total. The van der Waals surface area contributed by atoms with Gasteiger partial charge in [0.25, 0.3) is 5.56 Å². The van der Waals surface area contributed by atoms with E-state index in [1.165, 1.54) is 11.8 Å². The molecule has 1 heterocycles. The van der Waals surface area contributed by atoms with Crippen LogP contribution in [0.2, 0.25) is 0 Å². The Morgan fingerprint density at radius 1 is 0.939 bits per heavy atom. The number of nitrogens with zero attached hydrogens (tertiary/aromatic N) is 2. The summed E-state index contributed by atoms with van der Waals surface area (Å²) in [4.78, 5) is 31.0. The van der Waals surface area contributed by atoms with E-state index in [2.05, 4.69) is 19.2 Å². The van der Waals surface area contributed by atoms with Crippen molar-refractivity contribution in [1.82, 2.24) is 9.55 Å². The predicted molar refractivity (Wildman–Crippen MR) is 137 cm³/mol. The van der Waals surface area contributed by atoms with Crippen LogP contribution >= 0.6 is 11.8 Å². The molecule has 33 heavy (non-hydrogen) atoms. The van der Waals surface area contributed by atoms with Crippen LogP contribution < -0.4 is 10.9 Å². The molecule has 6 heteroatoms. The lowest BCUT2D eigenvalue weighted by Crippen LogP contribution is -2.28. The maximum Gasteiger partial charge on any atom is 0.262 e. The first-order valence-corrected chi connectivity index (χ1v) is 11.9. The summed E-state index contributed by atoms with van der Waals surface area (Å²) in [6, 6.07) is 25.1. The Bertz CT molecular complexity index is 1330. The number of nitrogens with one attached hydrogen (secondary N) is 1. The number of rotatable bonds is 7. The second-order valence-electron chi connectivity index (χ2n) is 8.38. The van der Waals surface area contributed by atoms with E-state index in [-0.39, 0.29) is 17.4 Å². The zero-order chi connectivity index (χ0) is 23.4. The Labute approximate surface area is 197 Å². The number of carbonyl (C=O) groups excluding carboxylic acids is 1. The normalized spacial score (nSPS) is 12.1. The lowest BCUT2D eigenvalue weighted by molar-refractivity contribution is -0.115. The van der Waals surface area contributed by atoms with E-state index in [4.69, 9.17) is 4.98 Å². The van der Waals surface area contributed by atoms with Crippen LogP contribution in [0.4, 0.5) is 5.69 Å². The molecule has 0 radical (unpaired) electrons. The lowest BCUT2D eigenvalue weighted by Gasteiger charge is -2.18. The summed E-state index contributed by atoms with van der Waals surface area (Å²) in [7, 11) is 0. The van der Waals surface area contributed by atoms with Gasteiger partial charge in [-0.1, -0.05) is 86.3 Å². The van der Waals surface area contributed by atoms with E-state index in [1.54, 1.807) is 10.6 Å². The minimum Gasteiger partial charge on any atom is -0.325 e. The molecule has 4 aromatic rings. The Kier molecular flexibility index (Phi) is 6.94. The average Bonchev–Trinajstić information content (AvgIpc) is 2.82. The number of amides is 1. The molecule has 0 aliphatic heterocycles. The lowest BCUT2D eigenvalue weighted by atomic mass is 10.0. The smallest absolute Gasteiger partial charge is 0.262 e. The quantitative estimate of drug-likeness (QED) is 0.280. The summed E-state index contributed by atoms with van der Waals surface area (Å²) in [5.41, 5.74) is 3.33. The van der Waals surface area contributed by atoms with E-state index in [0.29, 0.717) is 22.6 Å².